The van der Waals surface area contributed by atoms with Crippen molar-refractivity contribution in [2.24, 2.45) is 0 Å². The molecule has 0 aromatic heterocycles. The summed E-state index contributed by atoms with van der Waals surface area (Å²) in [6.45, 7) is 2.39. The van der Waals surface area contributed by atoms with Crippen molar-refractivity contribution < 1.29 is 9.66 Å². The van der Waals surface area contributed by atoms with E-state index >= 15 is 0 Å². The number of nitrogens with zero attached hydrogens (tertiary/aromatic N) is 1. The van der Waals surface area contributed by atoms with Gasteiger partial charge in [0.05, 0.1) is 18.1 Å². The smallest absolute Gasteiger partial charge is 0.269 e. The molecular formula is C12H16N2O3. The molecule has 1 heterocycles. The van der Waals surface area contributed by atoms with Gasteiger partial charge in [-0.15, -0.1) is 0 Å². The fraction of sp³-hybridized carbons (Fsp3) is 0.500. The summed E-state index contributed by atoms with van der Waals surface area (Å²) in [5.74, 6) is 0. The third kappa shape index (κ3) is 3.51. The fourth-order valence-electron chi connectivity index (χ4n) is 1.97. The number of ether oxygens (including phenoxy) is 1. The molecule has 92 valence electrons. The second kappa shape index (κ2) is 5.75. The molecule has 0 spiro atoms. The molecule has 0 aliphatic carbocycles. The molecular weight excluding hydrogens is 220 g/mol. The van der Waals surface area contributed by atoms with Crippen LogP contribution >= 0.6 is 0 Å². The van der Waals surface area contributed by atoms with Gasteiger partial charge in [0.15, 0.2) is 0 Å². The summed E-state index contributed by atoms with van der Waals surface area (Å²) in [7, 11) is 0. The molecule has 17 heavy (non-hydrogen) atoms. The molecule has 5 nitrogen and oxygen atoms in total. The Kier molecular flexibility index (Phi) is 4.06. The standard InChI is InChI=1S/C12H16N2O3/c15-14(16)12-3-1-2-10(8-12)4-5-11-9-17-7-6-13-11/h1-3,8,11,13H,4-7,9H2. The average Bonchev–Trinajstić information content (AvgIpc) is 2.38. The Morgan fingerprint density at radius 3 is 3.12 bits per heavy atom. The van der Waals surface area contributed by atoms with Crippen LogP contribution in [0, 0.1) is 10.1 Å². The lowest BCUT2D eigenvalue weighted by atomic mass is 10.0. The minimum Gasteiger partial charge on any atom is -0.379 e. The largest absolute Gasteiger partial charge is 0.379 e. The van der Waals surface area contributed by atoms with Crippen molar-refractivity contribution in [1.82, 2.24) is 5.32 Å². The predicted octanol–water partition coefficient (Wildman–Crippen LogP) is 1.52. The predicted molar refractivity (Wildman–Crippen MR) is 64.0 cm³/mol. The van der Waals surface area contributed by atoms with Crippen molar-refractivity contribution in [3.63, 3.8) is 0 Å². The van der Waals surface area contributed by atoms with E-state index in [0.717, 1.165) is 38.2 Å². The molecule has 0 radical (unpaired) electrons. The molecule has 0 bridgehead atoms. The third-order valence-corrected chi connectivity index (χ3v) is 2.90. The Bertz CT molecular complexity index is 389. The number of morpholine rings is 1. The second-order valence-corrected chi connectivity index (χ2v) is 4.19. The Balaban J connectivity index is 1.89. The van der Waals surface area contributed by atoms with Crippen LogP contribution in [-0.4, -0.2) is 30.7 Å². The summed E-state index contributed by atoms with van der Waals surface area (Å²) in [6, 6.07) is 7.19. The molecule has 1 aromatic carbocycles. The number of rotatable bonds is 4. The molecule has 0 amide bonds. The van der Waals surface area contributed by atoms with Crippen molar-refractivity contribution in [1.29, 1.82) is 0 Å². The van der Waals surface area contributed by atoms with Gasteiger partial charge in [0, 0.05) is 24.7 Å². The highest BCUT2D eigenvalue weighted by atomic mass is 16.6. The normalized spacial score (nSPS) is 20.1. The van der Waals surface area contributed by atoms with Crippen LogP contribution in [0.1, 0.15) is 12.0 Å². The van der Waals surface area contributed by atoms with Gasteiger partial charge in [0.2, 0.25) is 0 Å². The summed E-state index contributed by atoms with van der Waals surface area (Å²) in [5.41, 5.74) is 1.17. The fourth-order valence-corrected chi connectivity index (χ4v) is 1.97. The number of nitrogens with one attached hydrogen (secondary N) is 1. The molecule has 1 aliphatic rings. The van der Waals surface area contributed by atoms with Crippen LogP contribution in [0.3, 0.4) is 0 Å². The van der Waals surface area contributed by atoms with E-state index < -0.39 is 0 Å². The Morgan fingerprint density at radius 1 is 1.53 bits per heavy atom. The Hall–Kier alpha value is -1.46. The molecule has 1 fully saturated rings. The zero-order valence-corrected chi connectivity index (χ0v) is 9.59. The van der Waals surface area contributed by atoms with Gasteiger partial charge in [-0.3, -0.25) is 10.1 Å². The van der Waals surface area contributed by atoms with Crippen molar-refractivity contribution in [2.75, 3.05) is 19.8 Å². The van der Waals surface area contributed by atoms with Gasteiger partial charge in [-0.25, -0.2) is 0 Å². The van der Waals surface area contributed by atoms with Gasteiger partial charge in [-0.1, -0.05) is 12.1 Å². The van der Waals surface area contributed by atoms with Crippen LogP contribution in [0.4, 0.5) is 5.69 Å². The molecule has 1 unspecified atom stereocenters. The van der Waals surface area contributed by atoms with E-state index in [1.165, 1.54) is 6.07 Å². The summed E-state index contributed by atoms with van der Waals surface area (Å²) < 4.78 is 5.36. The van der Waals surface area contributed by atoms with Crippen LogP contribution in [0.25, 0.3) is 0 Å². The molecule has 2 rings (SSSR count). The maximum atomic E-state index is 10.6. The van der Waals surface area contributed by atoms with Gasteiger partial charge in [0.1, 0.15) is 0 Å². The maximum Gasteiger partial charge on any atom is 0.269 e. The SMILES string of the molecule is O=[N+]([O-])c1cccc(CCC2COCCN2)c1. The summed E-state index contributed by atoms with van der Waals surface area (Å²) in [6.07, 6.45) is 1.78. The number of hydrogen-bond acceptors (Lipinski definition) is 4. The number of nitro benzene ring substituents is 1. The second-order valence-electron chi connectivity index (χ2n) is 4.19. The highest BCUT2D eigenvalue weighted by Crippen LogP contribution is 2.15. The van der Waals surface area contributed by atoms with Gasteiger partial charge in [0.25, 0.3) is 5.69 Å². The van der Waals surface area contributed by atoms with E-state index in [9.17, 15) is 10.1 Å². The van der Waals surface area contributed by atoms with Crippen LogP contribution in [0.5, 0.6) is 0 Å². The minimum absolute atomic E-state index is 0.162. The van der Waals surface area contributed by atoms with E-state index in [4.69, 9.17) is 4.74 Å². The molecule has 0 saturated carbocycles. The number of non-ortho nitro benzene ring substituents is 1. The van der Waals surface area contributed by atoms with Crippen LogP contribution in [0.15, 0.2) is 24.3 Å². The van der Waals surface area contributed by atoms with E-state index in [1.807, 2.05) is 6.07 Å². The molecule has 1 aromatic rings. The molecule has 1 N–H and O–H groups in total. The zero-order valence-electron chi connectivity index (χ0n) is 9.59. The lowest BCUT2D eigenvalue weighted by Crippen LogP contribution is -2.41. The minimum atomic E-state index is -0.356. The number of nitro groups is 1. The lowest BCUT2D eigenvalue weighted by molar-refractivity contribution is -0.384. The summed E-state index contributed by atoms with van der Waals surface area (Å²) in [5, 5.41) is 14.0. The molecule has 1 aliphatic heterocycles. The highest BCUT2D eigenvalue weighted by molar-refractivity contribution is 5.34. The van der Waals surface area contributed by atoms with Gasteiger partial charge in [-0.2, -0.15) is 0 Å². The Morgan fingerprint density at radius 2 is 2.41 bits per heavy atom. The first kappa shape index (κ1) is 12.0. The van der Waals surface area contributed by atoms with E-state index in [-0.39, 0.29) is 10.6 Å². The summed E-state index contributed by atoms with van der Waals surface area (Å²) in [4.78, 5) is 10.3. The number of benzene rings is 1. The number of hydrogen-bond donors (Lipinski definition) is 1. The zero-order chi connectivity index (χ0) is 12.1. The van der Waals surface area contributed by atoms with Gasteiger partial charge in [-0.05, 0) is 18.4 Å². The van der Waals surface area contributed by atoms with Crippen molar-refractivity contribution in [2.45, 2.75) is 18.9 Å². The van der Waals surface area contributed by atoms with Crippen LogP contribution < -0.4 is 5.32 Å². The summed E-state index contributed by atoms with van der Waals surface area (Å²) >= 11 is 0. The van der Waals surface area contributed by atoms with Crippen LogP contribution in [-0.2, 0) is 11.2 Å². The molecule has 1 atom stereocenters. The molecule has 5 heteroatoms. The maximum absolute atomic E-state index is 10.6. The van der Waals surface area contributed by atoms with Crippen molar-refractivity contribution in [3.8, 4) is 0 Å². The molecule has 1 saturated heterocycles. The highest BCUT2D eigenvalue weighted by Gasteiger charge is 2.13. The first-order valence-electron chi connectivity index (χ1n) is 5.80. The van der Waals surface area contributed by atoms with Gasteiger partial charge < -0.3 is 10.1 Å². The average molecular weight is 236 g/mol. The van der Waals surface area contributed by atoms with Crippen molar-refractivity contribution in [3.05, 3.63) is 39.9 Å². The van der Waals surface area contributed by atoms with E-state index in [0.29, 0.717) is 6.04 Å². The first-order chi connectivity index (χ1) is 8.25. The van der Waals surface area contributed by atoms with E-state index in [2.05, 4.69) is 5.32 Å². The van der Waals surface area contributed by atoms with Crippen molar-refractivity contribution >= 4 is 5.69 Å². The number of aryl methyl sites for hydroxylation is 1. The van der Waals surface area contributed by atoms with Crippen LogP contribution in [0.2, 0.25) is 0 Å². The first-order valence-corrected chi connectivity index (χ1v) is 5.80. The van der Waals surface area contributed by atoms with Gasteiger partial charge >= 0.3 is 0 Å². The monoisotopic (exact) mass is 236 g/mol. The van der Waals surface area contributed by atoms with E-state index in [1.54, 1.807) is 12.1 Å². The topological polar surface area (TPSA) is 64.4 Å². The quantitative estimate of drug-likeness (QED) is 0.636. The Labute approximate surface area is 99.9 Å². The third-order valence-electron chi connectivity index (χ3n) is 2.90. The lowest BCUT2D eigenvalue weighted by Gasteiger charge is -2.23.